The fourth-order valence-electron chi connectivity index (χ4n) is 3.09. The molecule has 190 valence electrons. The molecular weight excluding hydrogens is 481 g/mol. The zero-order chi connectivity index (χ0) is 25.8. The van der Waals surface area contributed by atoms with Gasteiger partial charge in [0.2, 0.25) is 5.88 Å². The Morgan fingerprint density at radius 1 is 1.20 bits per heavy atom. The number of hydrogen-bond acceptors (Lipinski definition) is 7. The Morgan fingerprint density at radius 2 is 1.94 bits per heavy atom. The zero-order valence-corrected chi connectivity index (χ0v) is 20.9. The van der Waals surface area contributed by atoms with Crippen LogP contribution in [0, 0.1) is 0 Å². The monoisotopic (exact) mass is 510 g/mol. The molecule has 0 aliphatic carbocycles. The third-order valence-corrected chi connectivity index (χ3v) is 5.67. The second-order valence-corrected chi connectivity index (χ2v) is 8.01. The number of ether oxygens (including phenoxy) is 2. The molecule has 0 aliphatic rings. The van der Waals surface area contributed by atoms with E-state index >= 15 is 0 Å². The van der Waals surface area contributed by atoms with Crippen LogP contribution in [0.5, 0.6) is 17.4 Å². The molecule has 0 spiro atoms. The molecule has 11 heteroatoms. The Balaban J connectivity index is 2.21. The van der Waals surface area contributed by atoms with Gasteiger partial charge in [0.1, 0.15) is 5.84 Å². The van der Waals surface area contributed by atoms with Gasteiger partial charge in [-0.15, -0.1) is 0 Å². The van der Waals surface area contributed by atoms with Crippen LogP contribution in [-0.2, 0) is 11.0 Å². The molecule has 0 aliphatic heterocycles. The maximum atomic E-state index is 12.7. The van der Waals surface area contributed by atoms with E-state index in [9.17, 15) is 18.0 Å². The van der Waals surface area contributed by atoms with Crippen LogP contribution in [0.1, 0.15) is 25.0 Å². The van der Waals surface area contributed by atoms with Crippen molar-refractivity contribution in [2.75, 3.05) is 40.3 Å². The molecule has 2 rings (SSSR count). The molecule has 7 nitrogen and oxygen atoms in total. The van der Waals surface area contributed by atoms with Gasteiger partial charge >= 0.3 is 6.18 Å². The molecule has 1 heterocycles. The molecule has 0 amide bonds. The number of methoxy groups -OCH3 is 1. The van der Waals surface area contributed by atoms with Crippen molar-refractivity contribution in [3.05, 3.63) is 52.6 Å². The van der Waals surface area contributed by atoms with Gasteiger partial charge in [-0.25, -0.2) is 4.98 Å². The maximum absolute atomic E-state index is 12.7. The summed E-state index contributed by atoms with van der Waals surface area (Å²) in [7, 11) is 3.10. The predicted molar refractivity (Wildman–Crippen MR) is 134 cm³/mol. The van der Waals surface area contributed by atoms with Gasteiger partial charge in [-0.05, 0) is 42.9 Å². The van der Waals surface area contributed by atoms with E-state index in [1.54, 1.807) is 31.3 Å². The van der Waals surface area contributed by atoms with E-state index in [1.165, 1.54) is 7.11 Å². The second kappa shape index (κ2) is 13.7. The van der Waals surface area contributed by atoms with Crippen LogP contribution in [0.15, 0.2) is 46.4 Å². The second-order valence-electron chi connectivity index (χ2n) is 7.14. The predicted octanol–water partition coefficient (Wildman–Crippen LogP) is 5.13. The van der Waals surface area contributed by atoms with Gasteiger partial charge in [0.05, 0.1) is 17.6 Å². The highest BCUT2D eigenvalue weighted by atomic mass is 32.2. The molecule has 2 aromatic rings. The lowest BCUT2D eigenvalue weighted by atomic mass is 10.2. The summed E-state index contributed by atoms with van der Waals surface area (Å²) in [5.41, 5.74) is 0.580. The number of likely N-dealkylation sites (N-methyl/N-ethyl adjacent to an activating group) is 1. The zero-order valence-electron chi connectivity index (χ0n) is 20.1. The summed E-state index contributed by atoms with van der Waals surface area (Å²) in [5, 5.41) is 3.28. The van der Waals surface area contributed by atoms with Crippen LogP contribution in [0.25, 0.3) is 6.08 Å². The van der Waals surface area contributed by atoms with Crippen LogP contribution in [-0.4, -0.2) is 61.7 Å². The average Bonchev–Trinajstić information content (AvgIpc) is 2.84. The lowest BCUT2D eigenvalue weighted by Crippen LogP contribution is -2.35. The quantitative estimate of drug-likeness (QED) is 0.241. The number of pyridine rings is 1. The van der Waals surface area contributed by atoms with Crippen molar-refractivity contribution in [3.63, 3.8) is 0 Å². The summed E-state index contributed by atoms with van der Waals surface area (Å²) < 4.78 is 49.2. The van der Waals surface area contributed by atoms with Gasteiger partial charge in [0.25, 0.3) is 0 Å². The van der Waals surface area contributed by atoms with Gasteiger partial charge in [-0.2, -0.15) is 13.2 Å². The Labute approximate surface area is 207 Å². The molecule has 0 saturated carbocycles. The van der Waals surface area contributed by atoms with Gasteiger partial charge in [0.15, 0.2) is 17.1 Å². The number of aromatic nitrogens is 1. The van der Waals surface area contributed by atoms with Crippen molar-refractivity contribution in [2.24, 2.45) is 4.99 Å². The number of carbonyl (C=O) groups is 1. The van der Waals surface area contributed by atoms with Crippen molar-refractivity contribution >= 4 is 29.3 Å². The molecule has 0 bridgehead atoms. The fourth-order valence-corrected chi connectivity index (χ4v) is 3.67. The van der Waals surface area contributed by atoms with Gasteiger partial charge in [-0.3, -0.25) is 9.79 Å². The van der Waals surface area contributed by atoms with E-state index in [4.69, 9.17) is 9.47 Å². The highest BCUT2D eigenvalue weighted by Crippen LogP contribution is 2.34. The normalized spacial score (nSPS) is 12.6. The summed E-state index contributed by atoms with van der Waals surface area (Å²) in [6, 6.07) is 7.07. The molecule has 0 saturated heterocycles. The number of nitrogens with one attached hydrogen (secondary N) is 1. The van der Waals surface area contributed by atoms with Crippen molar-refractivity contribution < 1.29 is 27.4 Å². The highest BCUT2D eigenvalue weighted by Gasteiger charge is 2.30. The summed E-state index contributed by atoms with van der Waals surface area (Å²) in [4.78, 5) is 22.2. The SMILES string of the molecule is CCN(CC)CCNC(=NC)/C(=C/c1ccc(Oc2ccc(C(F)(F)F)cn2)c(OC)c1)SC=O. The Hall–Kier alpha value is -3.05. The van der Waals surface area contributed by atoms with Crippen LogP contribution in [0.2, 0.25) is 0 Å². The minimum absolute atomic E-state index is 0.00500. The molecular formula is C24H29F3N4O3S. The van der Waals surface area contributed by atoms with E-state index in [2.05, 4.69) is 34.0 Å². The third-order valence-electron chi connectivity index (χ3n) is 5.01. The van der Waals surface area contributed by atoms with E-state index in [-0.39, 0.29) is 11.6 Å². The minimum Gasteiger partial charge on any atom is -0.493 e. The summed E-state index contributed by atoms with van der Waals surface area (Å²) in [6.45, 7) is 7.59. The smallest absolute Gasteiger partial charge is 0.417 e. The summed E-state index contributed by atoms with van der Waals surface area (Å²) in [6.07, 6.45) is -1.98. The Bertz CT molecular complexity index is 1020. The van der Waals surface area contributed by atoms with E-state index in [0.29, 0.717) is 34.8 Å². The van der Waals surface area contributed by atoms with E-state index in [1.807, 2.05) is 0 Å². The van der Waals surface area contributed by atoms with Crippen LogP contribution in [0.3, 0.4) is 0 Å². The molecule has 1 aromatic carbocycles. The third kappa shape index (κ3) is 8.59. The van der Waals surface area contributed by atoms with Crippen molar-refractivity contribution in [3.8, 4) is 17.4 Å². The Morgan fingerprint density at radius 3 is 2.49 bits per heavy atom. The number of halogens is 3. The molecule has 0 radical (unpaired) electrons. The van der Waals surface area contributed by atoms with Crippen LogP contribution >= 0.6 is 11.8 Å². The number of alkyl halides is 3. The number of thioether (sulfide) groups is 1. The molecule has 0 unspecified atom stereocenters. The van der Waals surface area contributed by atoms with E-state index in [0.717, 1.165) is 49.1 Å². The lowest BCUT2D eigenvalue weighted by molar-refractivity contribution is -0.137. The lowest BCUT2D eigenvalue weighted by Gasteiger charge is -2.19. The molecule has 35 heavy (non-hydrogen) atoms. The largest absolute Gasteiger partial charge is 0.493 e. The fraction of sp³-hybridized carbons (Fsp3) is 0.375. The van der Waals surface area contributed by atoms with Crippen molar-refractivity contribution in [2.45, 2.75) is 20.0 Å². The number of amidine groups is 1. The first-order valence-corrected chi connectivity index (χ1v) is 11.8. The van der Waals surface area contributed by atoms with Crippen LogP contribution in [0.4, 0.5) is 13.2 Å². The number of rotatable bonds is 12. The number of benzene rings is 1. The minimum atomic E-state index is -4.48. The average molecular weight is 511 g/mol. The molecule has 0 fully saturated rings. The topological polar surface area (TPSA) is 76.1 Å². The van der Waals surface area contributed by atoms with E-state index < -0.39 is 11.7 Å². The highest BCUT2D eigenvalue weighted by molar-refractivity contribution is 8.16. The first kappa shape index (κ1) is 28.2. The number of aliphatic imine (C=N–C) groups is 1. The maximum Gasteiger partial charge on any atom is 0.417 e. The number of nitrogens with zero attached hydrogens (tertiary/aromatic N) is 3. The van der Waals surface area contributed by atoms with Gasteiger partial charge in [-0.1, -0.05) is 31.7 Å². The van der Waals surface area contributed by atoms with Gasteiger partial charge in [0, 0.05) is 32.4 Å². The first-order valence-electron chi connectivity index (χ1n) is 10.9. The standard InChI is InChI=1S/C24H29F3N4O3S/c1-5-31(6-2)12-11-29-23(28-3)21(35-16-32)14-17-7-9-19(20(13-17)33-4)34-22-10-8-18(15-30-22)24(25,26)27/h7-10,13-16H,5-6,11-12H2,1-4H3,(H,28,29)/b21-14-. The summed E-state index contributed by atoms with van der Waals surface area (Å²) >= 11 is 0.998. The van der Waals surface area contributed by atoms with Crippen molar-refractivity contribution in [1.82, 2.24) is 15.2 Å². The first-order chi connectivity index (χ1) is 16.7. The molecule has 1 N–H and O–H groups in total. The van der Waals surface area contributed by atoms with Crippen molar-refractivity contribution in [1.29, 1.82) is 0 Å². The summed E-state index contributed by atoms with van der Waals surface area (Å²) in [5.74, 6) is 1.21. The number of carbonyl (C=O) groups excluding carboxylic acids is 1. The Kier molecular flexibility index (Phi) is 11.1. The van der Waals surface area contributed by atoms with Crippen LogP contribution < -0.4 is 14.8 Å². The van der Waals surface area contributed by atoms with Gasteiger partial charge < -0.3 is 19.7 Å². The molecule has 0 atom stereocenters. The molecule has 1 aromatic heterocycles. The number of hydrogen-bond donors (Lipinski definition) is 1.